The molecule has 1 fully saturated rings. The van der Waals surface area contributed by atoms with Crippen molar-refractivity contribution in [3.8, 4) is 0 Å². The van der Waals surface area contributed by atoms with Crippen LogP contribution < -0.4 is 11.1 Å². The number of fused-ring (bicyclic) bond motifs is 1. The van der Waals surface area contributed by atoms with Crippen molar-refractivity contribution in [2.24, 2.45) is 10.9 Å². The molecule has 0 aliphatic carbocycles. The van der Waals surface area contributed by atoms with Crippen LogP contribution in [0.4, 0.5) is 4.79 Å². The SMILES string of the molecule is CON=C(C(=O)N[C@@H]1C(=O)N2C(C(=O)OC(C)OC(C)=O)=C(COC(N)=O)CS[C@H]12)c1ccoc1. The monoisotopic (exact) mass is 510 g/mol. The molecular formula is C20H22N4O10S. The fraction of sp³-hybridized carbons (Fsp3) is 0.400. The number of β-lactam (4-membered cyclic amide) rings is 1. The average Bonchev–Trinajstić information content (AvgIpc) is 3.32. The van der Waals surface area contributed by atoms with E-state index in [1.807, 2.05) is 0 Å². The molecule has 1 unspecified atom stereocenters. The van der Waals surface area contributed by atoms with Crippen LogP contribution in [0.1, 0.15) is 19.4 Å². The highest BCUT2D eigenvalue weighted by molar-refractivity contribution is 8.00. The third-order valence-electron chi connectivity index (χ3n) is 4.71. The van der Waals surface area contributed by atoms with Crippen molar-refractivity contribution in [2.45, 2.75) is 31.6 Å². The minimum absolute atomic E-state index is 0.116. The first-order chi connectivity index (χ1) is 16.6. The highest BCUT2D eigenvalue weighted by Crippen LogP contribution is 2.41. The first-order valence-corrected chi connectivity index (χ1v) is 11.1. The van der Waals surface area contributed by atoms with Crippen molar-refractivity contribution in [1.82, 2.24) is 10.2 Å². The second-order valence-corrected chi connectivity index (χ2v) is 8.24. The van der Waals surface area contributed by atoms with Crippen molar-refractivity contribution in [3.05, 3.63) is 35.4 Å². The summed E-state index contributed by atoms with van der Waals surface area (Å²) in [6.07, 6.45) is 0.313. The van der Waals surface area contributed by atoms with Crippen LogP contribution in [-0.4, -0.2) is 77.6 Å². The van der Waals surface area contributed by atoms with Gasteiger partial charge in [-0.2, -0.15) is 0 Å². The number of nitrogens with one attached hydrogen (secondary N) is 1. The van der Waals surface area contributed by atoms with Crippen molar-refractivity contribution in [2.75, 3.05) is 19.5 Å². The summed E-state index contributed by atoms with van der Waals surface area (Å²) < 4.78 is 19.7. The molecule has 1 aromatic rings. The maximum atomic E-state index is 13.0. The number of carbonyl (C=O) groups excluding carboxylic acids is 5. The number of amides is 3. The van der Waals surface area contributed by atoms with E-state index >= 15 is 0 Å². The third kappa shape index (κ3) is 5.74. The summed E-state index contributed by atoms with van der Waals surface area (Å²) in [6.45, 7) is 2.09. The lowest BCUT2D eigenvalue weighted by Gasteiger charge is -2.49. The van der Waals surface area contributed by atoms with Crippen LogP contribution in [-0.2, 0) is 38.2 Å². The second-order valence-electron chi connectivity index (χ2n) is 7.14. The van der Waals surface area contributed by atoms with Gasteiger partial charge in [0, 0.05) is 30.7 Å². The number of ether oxygens (including phenoxy) is 3. The first kappa shape index (κ1) is 25.6. The van der Waals surface area contributed by atoms with E-state index in [1.54, 1.807) is 0 Å². The molecule has 0 saturated carbocycles. The van der Waals surface area contributed by atoms with E-state index in [1.165, 1.54) is 44.4 Å². The number of thioether (sulfide) groups is 1. The molecule has 0 bridgehead atoms. The maximum Gasteiger partial charge on any atom is 0.404 e. The zero-order chi connectivity index (χ0) is 25.7. The quantitative estimate of drug-likeness (QED) is 0.147. The van der Waals surface area contributed by atoms with Crippen LogP contribution in [0.25, 0.3) is 0 Å². The van der Waals surface area contributed by atoms with Crippen molar-refractivity contribution < 1.29 is 47.4 Å². The number of nitrogens with zero attached hydrogens (tertiary/aromatic N) is 2. The highest BCUT2D eigenvalue weighted by Gasteiger charge is 2.55. The predicted molar refractivity (Wildman–Crippen MR) is 117 cm³/mol. The van der Waals surface area contributed by atoms with Crippen molar-refractivity contribution in [3.63, 3.8) is 0 Å². The predicted octanol–water partition coefficient (Wildman–Crippen LogP) is -0.168. The molecule has 1 aromatic heterocycles. The zero-order valence-electron chi connectivity index (χ0n) is 18.8. The lowest BCUT2D eigenvalue weighted by molar-refractivity contribution is -0.182. The summed E-state index contributed by atoms with van der Waals surface area (Å²) in [7, 11) is 1.26. The van der Waals surface area contributed by atoms with Gasteiger partial charge in [0.2, 0.25) is 6.29 Å². The standard InChI is InChI=1S/C20H22N4O10S/c1-9(25)33-10(2)34-19(28)15-12(7-32-20(21)29)8-35-18-14(17(27)24(15)18)22-16(26)13(23-30-3)11-4-5-31-6-11/h4-6,10,14,18H,7-8H2,1-3H3,(H2,21,29)(H,22,26)/t10?,14-,18-/m1/s1. The number of oxime groups is 1. The molecule has 14 nitrogen and oxygen atoms in total. The molecule has 0 radical (unpaired) electrons. The smallest absolute Gasteiger partial charge is 0.404 e. The number of furan rings is 1. The van der Waals surface area contributed by atoms with Gasteiger partial charge in [0.15, 0.2) is 5.71 Å². The maximum absolute atomic E-state index is 13.0. The van der Waals surface area contributed by atoms with Crippen LogP contribution in [0.2, 0.25) is 0 Å². The van der Waals surface area contributed by atoms with E-state index in [0.717, 1.165) is 11.8 Å². The summed E-state index contributed by atoms with van der Waals surface area (Å²) in [5.41, 5.74) is 5.30. The number of rotatable bonds is 9. The van der Waals surface area contributed by atoms with Crippen LogP contribution in [0, 0.1) is 0 Å². The Balaban J connectivity index is 1.80. The van der Waals surface area contributed by atoms with Crippen molar-refractivity contribution in [1.29, 1.82) is 0 Å². The fourth-order valence-corrected chi connectivity index (χ4v) is 4.66. The fourth-order valence-electron chi connectivity index (χ4n) is 3.33. The van der Waals surface area contributed by atoms with Gasteiger partial charge in [0.1, 0.15) is 30.8 Å². The van der Waals surface area contributed by atoms with Gasteiger partial charge < -0.3 is 34.5 Å². The van der Waals surface area contributed by atoms with Gasteiger partial charge in [-0.1, -0.05) is 5.16 Å². The average molecular weight is 510 g/mol. The Hall–Kier alpha value is -4.01. The Morgan fingerprint density at radius 2 is 2.09 bits per heavy atom. The third-order valence-corrected chi connectivity index (χ3v) is 6.05. The molecule has 2 aliphatic heterocycles. The number of primary amides is 1. The van der Waals surface area contributed by atoms with Gasteiger partial charge in [-0.25, -0.2) is 9.59 Å². The minimum Gasteiger partial charge on any atom is -0.472 e. The van der Waals surface area contributed by atoms with Gasteiger partial charge in [0.25, 0.3) is 11.8 Å². The van der Waals surface area contributed by atoms with Crippen molar-refractivity contribution >= 4 is 47.3 Å². The molecule has 0 aromatic carbocycles. The van der Waals surface area contributed by atoms with Crippen LogP contribution >= 0.6 is 11.8 Å². The molecule has 3 N–H and O–H groups in total. The lowest BCUT2D eigenvalue weighted by atomic mass is 10.0. The van der Waals surface area contributed by atoms with Crippen LogP contribution in [0.5, 0.6) is 0 Å². The van der Waals surface area contributed by atoms with E-state index < -0.39 is 47.6 Å². The van der Waals surface area contributed by atoms with E-state index in [4.69, 9.17) is 29.2 Å². The molecule has 1 saturated heterocycles. The van der Waals surface area contributed by atoms with Gasteiger partial charge in [-0.15, -0.1) is 11.8 Å². The Kier molecular flexibility index (Phi) is 8.01. The van der Waals surface area contributed by atoms with Crippen LogP contribution in [0.15, 0.2) is 39.4 Å². The summed E-state index contributed by atoms with van der Waals surface area (Å²) in [4.78, 5) is 66.7. The number of hydrogen-bond donors (Lipinski definition) is 2. The van der Waals surface area contributed by atoms with Gasteiger partial charge in [-0.05, 0) is 6.07 Å². The number of carbonyl (C=O) groups is 5. The van der Waals surface area contributed by atoms with E-state index in [9.17, 15) is 24.0 Å². The Morgan fingerprint density at radius 1 is 1.34 bits per heavy atom. The lowest BCUT2D eigenvalue weighted by Crippen LogP contribution is -2.71. The van der Waals surface area contributed by atoms with Gasteiger partial charge in [-0.3, -0.25) is 19.3 Å². The number of hydrogen-bond acceptors (Lipinski definition) is 12. The normalized spacial score (nSPS) is 20.3. The molecule has 0 spiro atoms. The zero-order valence-corrected chi connectivity index (χ0v) is 19.7. The largest absolute Gasteiger partial charge is 0.472 e. The summed E-state index contributed by atoms with van der Waals surface area (Å²) >= 11 is 1.22. The molecule has 3 atom stereocenters. The summed E-state index contributed by atoms with van der Waals surface area (Å²) in [5, 5.41) is 5.59. The Bertz CT molecular complexity index is 1080. The molecule has 188 valence electrons. The Labute approximate surface area is 202 Å². The summed E-state index contributed by atoms with van der Waals surface area (Å²) in [6, 6.07) is 0.488. The molecular weight excluding hydrogens is 488 g/mol. The molecule has 15 heteroatoms. The molecule has 3 rings (SSSR count). The van der Waals surface area contributed by atoms with Gasteiger partial charge in [0.05, 0.1) is 12.5 Å². The molecule has 3 heterocycles. The van der Waals surface area contributed by atoms with E-state index in [0.29, 0.717) is 5.56 Å². The van der Waals surface area contributed by atoms with E-state index in [2.05, 4.69) is 10.5 Å². The number of nitrogens with two attached hydrogens (primary N) is 1. The first-order valence-electron chi connectivity index (χ1n) is 10.1. The second kappa shape index (κ2) is 10.9. The van der Waals surface area contributed by atoms with Crippen LogP contribution in [0.3, 0.4) is 0 Å². The molecule has 35 heavy (non-hydrogen) atoms. The van der Waals surface area contributed by atoms with Gasteiger partial charge >= 0.3 is 18.0 Å². The molecule has 3 amide bonds. The minimum atomic E-state index is -1.24. The highest BCUT2D eigenvalue weighted by atomic mass is 32.2. The van der Waals surface area contributed by atoms with E-state index in [-0.39, 0.29) is 29.3 Å². The molecule has 2 aliphatic rings. The Morgan fingerprint density at radius 3 is 2.69 bits per heavy atom. The number of esters is 2. The summed E-state index contributed by atoms with van der Waals surface area (Å²) in [5.74, 6) is -2.83. The topological polar surface area (TPSA) is 189 Å².